The molecule has 2 aromatic rings. The third-order valence-electron chi connectivity index (χ3n) is 4.82. The lowest BCUT2D eigenvalue weighted by Crippen LogP contribution is -2.29. The van der Waals surface area contributed by atoms with Crippen molar-refractivity contribution in [2.45, 2.75) is 26.7 Å². The molecule has 3 rings (SSSR count). The molecule has 0 aromatic heterocycles. The summed E-state index contributed by atoms with van der Waals surface area (Å²) in [7, 11) is 0. The maximum atomic E-state index is 12.4. The number of anilines is 1. The summed E-state index contributed by atoms with van der Waals surface area (Å²) in [5, 5.41) is 6.61. The van der Waals surface area contributed by atoms with Crippen LogP contribution in [0, 0.1) is 25.7 Å². The standard InChI is InChI=1S/C21H23ClN2O2/c1-13-4-3-5-14(2)19(13)24-21(26)18-12-17(18)20(25)23-11-10-15-6-8-16(22)9-7-15/h3-9,17-18H,10-12H2,1-2H3,(H,23,25)(H,24,26). The number of hydrogen-bond acceptors (Lipinski definition) is 2. The predicted molar refractivity (Wildman–Crippen MR) is 104 cm³/mol. The van der Waals surface area contributed by atoms with Crippen molar-refractivity contribution in [3.05, 3.63) is 64.2 Å². The molecule has 0 bridgehead atoms. The van der Waals surface area contributed by atoms with Gasteiger partial charge in [0.25, 0.3) is 0 Å². The summed E-state index contributed by atoms with van der Waals surface area (Å²) in [5.74, 6) is -0.560. The maximum absolute atomic E-state index is 12.4. The monoisotopic (exact) mass is 370 g/mol. The van der Waals surface area contributed by atoms with E-state index in [9.17, 15) is 9.59 Å². The summed E-state index contributed by atoms with van der Waals surface area (Å²) in [6.45, 7) is 4.50. The lowest BCUT2D eigenvalue weighted by atomic mass is 10.1. The van der Waals surface area contributed by atoms with Crippen molar-refractivity contribution in [3.63, 3.8) is 0 Å². The lowest BCUT2D eigenvalue weighted by Gasteiger charge is -2.11. The quantitative estimate of drug-likeness (QED) is 0.810. The van der Waals surface area contributed by atoms with Gasteiger partial charge < -0.3 is 10.6 Å². The van der Waals surface area contributed by atoms with Gasteiger partial charge in [0.05, 0.1) is 11.8 Å². The zero-order valence-corrected chi connectivity index (χ0v) is 15.8. The minimum absolute atomic E-state index is 0.0411. The molecule has 0 aliphatic heterocycles. The first-order chi connectivity index (χ1) is 12.5. The van der Waals surface area contributed by atoms with E-state index >= 15 is 0 Å². The zero-order valence-electron chi connectivity index (χ0n) is 15.0. The van der Waals surface area contributed by atoms with Crippen LogP contribution in [0.3, 0.4) is 0 Å². The van der Waals surface area contributed by atoms with Gasteiger partial charge in [0, 0.05) is 17.3 Å². The molecule has 1 aliphatic carbocycles. The number of carbonyl (C=O) groups is 2. The topological polar surface area (TPSA) is 58.2 Å². The van der Waals surface area contributed by atoms with E-state index in [4.69, 9.17) is 11.6 Å². The second-order valence-electron chi connectivity index (χ2n) is 6.87. The highest BCUT2D eigenvalue weighted by molar-refractivity contribution is 6.30. The van der Waals surface area contributed by atoms with Crippen LogP contribution in [0.15, 0.2) is 42.5 Å². The van der Waals surface area contributed by atoms with Gasteiger partial charge in [0.1, 0.15) is 0 Å². The van der Waals surface area contributed by atoms with E-state index in [1.54, 1.807) is 0 Å². The number of aryl methyl sites for hydroxylation is 2. The highest BCUT2D eigenvalue weighted by Gasteiger charge is 2.48. The summed E-state index contributed by atoms with van der Waals surface area (Å²) in [5.41, 5.74) is 4.03. The first kappa shape index (κ1) is 18.5. The SMILES string of the molecule is Cc1cccc(C)c1NC(=O)C1CC1C(=O)NCCc1ccc(Cl)cc1. The summed E-state index contributed by atoms with van der Waals surface area (Å²) >= 11 is 5.86. The van der Waals surface area contributed by atoms with Crippen LogP contribution in [0.2, 0.25) is 5.02 Å². The van der Waals surface area contributed by atoms with Gasteiger partial charge in [-0.2, -0.15) is 0 Å². The Balaban J connectivity index is 1.46. The van der Waals surface area contributed by atoms with Crippen LogP contribution in [-0.4, -0.2) is 18.4 Å². The molecule has 1 saturated carbocycles. The number of para-hydroxylation sites is 1. The third kappa shape index (κ3) is 4.44. The summed E-state index contributed by atoms with van der Waals surface area (Å²) in [6, 6.07) is 13.5. The maximum Gasteiger partial charge on any atom is 0.228 e. The van der Waals surface area contributed by atoms with Crippen LogP contribution in [0.4, 0.5) is 5.69 Å². The molecule has 0 spiro atoms. The Bertz CT molecular complexity index is 797. The molecule has 26 heavy (non-hydrogen) atoms. The molecule has 0 saturated heterocycles. The Morgan fingerprint density at radius 3 is 2.27 bits per heavy atom. The Kier molecular flexibility index (Phi) is 5.62. The second kappa shape index (κ2) is 7.92. The van der Waals surface area contributed by atoms with Crippen molar-refractivity contribution < 1.29 is 9.59 Å². The Morgan fingerprint density at radius 2 is 1.62 bits per heavy atom. The molecule has 1 aliphatic rings. The first-order valence-corrected chi connectivity index (χ1v) is 9.22. The molecule has 0 heterocycles. The molecule has 0 radical (unpaired) electrons. The molecule has 2 aromatic carbocycles. The van der Waals surface area contributed by atoms with E-state index in [0.29, 0.717) is 18.0 Å². The van der Waals surface area contributed by atoms with Crippen molar-refractivity contribution in [3.8, 4) is 0 Å². The summed E-state index contributed by atoms with van der Waals surface area (Å²) < 4.78 is 0. The van der Waals surface area contributed by atoms with Crippen molar-refractivity contribution in [2.24, 2.45) is 11.8 Å². The lowest BCUT2D eigenvalue weighted by molar-refractivity contribution is -0.125. The third-order valence-corrected chi connectivity index (χ3v) is 5.07. The number of hydrogen-bond donors (Lipinski definition) is 2. The normalized spacial score (nSPS) is 18.3. The fourth-order valence-corrected chi connectivity index (χ4v) is 3.24. The molecular weight excluding hydrogens is 348 g/mol. The molecule has 2 amide bonds. The summed E-state index contributed by atoms with van der Waals surface area (Å²) in [4.78, 5) is 24.7. The number of halogens is 1. The smallest absolute Gasteiger partial charge is 0.228 e. The van der Waals surface area contributed by atoms with Crippen molar-refractivity contribution in [2.75, 3.05) is 11.9 Å². The van der Waals surface area contributed by atoms with Crippen molar-refractivity contribution >= 4 is 29.1 Å². The first-order valence-electron chi connectivity index (χ1n) is 8.85. The predicted octanol–water partition coefficient (Wildman–Crippen LogP) is 3.89. The van der Waals surface area contributed by atoms with Gasteiger partial charge in [-0.25, -0.2) is 0 Å². The Morgan fingerprint density at radius 1 is 1.00 bits per heavy atom. The van der Waals surface area contributed by atoms with E-state index < -0.39 is 0 Å². The molecule has 2 N–H and O–H groups in total. The van der Waals surface area contributed by atoms with Gasteiger partial charge in [-0.05, 0) is 55.5 Å². The molecule has 136 valence electrons. The Hall–Kier alpha value is -2.33. The van der Waals surface area contributed by atoms with E-state index in [1.807, 2.05) is 56.3 Å². The molecule has 4 nitrogen and oxygen atoms in total. The van der Waals surface area contributed by atoms with Crippen LogP contribution >= 0.6 is 11.6 Å². The highest BCUT2D eigenvalue weighted by atomic mass is 35.5. The van der Waals surface area contributed by atoms with Crippen LogP contribution in [0.5, 0.6) is 0 Å². The minimum atomic E-state index is -0.232. The van der Waals surface area contributed by atoms with Crippen molar-refractivity contribution in [1.29, 1.82) is 0 Å². The number of carbonyl (C=O) groups excluding carboxylic acids is 2. The fourth-order valence-electron chi connectivity index (χ4n) is 3.11. The molecule has 5 heteroatoms. The number of rotatable bonds is 6. The van der Waals surface area contributed by atoms with E-state index in [-0.39, 0.29) is 23.7 Å². The van der Waals surface area contributed by atoms with Crippen LogP contribution in [-0.2, 0) is 16.0 Å². The average Bonchev–Trinajstić information content (AvgIpc) is 3.41. The zero-order chi connectivity index (χ0) is 18.7. The van der Waals surface area contributed by atoms with Crippen LogP contribution in [0.25, 0.3) is 0 Å². The fraction of sp³-hybridized carbons (Fsp3) is 0.333. The van der Waals surface area contributed by atoms with Gasteiger partial charge in [0.2, 0.25) is 11.8 Å². The van der Waals surface area contributed by atoms with Gasteiger partial charge in [-0.1, -0.05) is 41.9 Å². The molecule has 1 fully saturated rings. The molecular formula is C21H23ClN2O2. The average molecular weight is 371 g/mol. The van der Waals surface area contributed by atoms with Gasteiger partial charge in [-0.15, -0.1) is 0 Å². The van der Waals surface area contributed by atoms with E-state index in [1.165, 1.54) is 0 Å². The van der Waals surface area contributed by atoms with Crippen molar-refractivity contribution in [1.82, 2.24) is 5.32 Å². The molecule has 2 unspecified atom stereocenters. The van der Waals surface area contributed by atoms with Gasteiger partial charge in [0.15, 0.2) is 0 Å². The van der Waals surface area contributed by atoms with Crippen LogP contribution in [0.1, 0.15) is 23.1 Å². The largest absolute Gasteiger partial charge is 0.356 e. The number of nitrogens with one attached hydrogen (secondary N) is 2. The molecule has 2 atom stereocenters. The highest BCUT2D eigenvalue weighted by Crippen LogP contribution is 2.39. The van der Waals surface area contributed by atoms with E-state index in [2.05, 4.69) is 10.6 Å². The Labute approximate surface area is 158 Å². The minimum Gasteiger partial charge on any atom is -0.356 e. The van der Waals surface area contributed by atoms with Gasteiger partial charge >= 0.3 is 0 Å². The summed E-state index contributed by atoms with van der Waals surface area (Å²) in [6.07, 6.45) is 1.36. The van der Waals surface area contributed by atoms with E-state index in [0.717, 1.165) is 28.8 Å². The number of benzene rings is 2. The number of amides is 2. The van der Waals surface area contributed by atoms with Crippen LogP contribution < -0.4 is 10.6 Å². The second-order valence-corrected chi connectivity index (χ2v) is 7.31. The van der Waals surface area contributed by atoms with Gasteiger partial charge in [-0.3, -0.25) is 9.59 Å².